The molecule has 2 aromatic heterocycles. The maximum absolute atomic E-state index is 13.2. The highest BCUT2D eigenvalue weighted by atomic mass is 35.5. The molecule has 0 aliphatic carbocycles. The summed E-state index contributed by atoms with van der Waals surface area (Å²) in [6, 6.07) is 19.1. The molecule has 184 valence electrons. The van der Waals surface area contributed by atoms with Gasteiger partial charge < -0.3 is 9.73 Å². The lowest BCUT2D eigenvalue weighted by Gasteiger charge is -2.23. The van der Waals surface area contributed by atoms with Crippen molar-refractivity contribution in [1.82, 2.24) is 20.6 Å². The van der Waals surface area contributed by atoms with Gasteiger partial charge in [0, 0.05) is 10.7 Å². The quantitative estimate of drug-likeness (QED) is 0.237. The van der Waals surface area contributed by atoms with Crippen LogP contribution in [0.25, 0.3) is 5.70 Å². The molecule has 4 aromatic rings. The molecule has 10 heteroatoms. The molecule has 3 heterocycles. The molecule has 0 saturated carbocycles. The van der Waals surface area contributed by atoms with Gasteiger partial charge in [0.2, 0.25) is 5.13 Å². The van der Waals surface area contributed by atoms with Crippen LogP contribution in [0.1, 0.15) is 42.7 Å². The van der Waals surface area contributed by atoms with Gasteiger partial charge in [-0.2, -0.15) is 0 Å². The Bertz CT molecular complexity index is 1350. The molecule has 2 aromatic carbocycles. The summed E-state index contributed by atoms with van der Waals surface area (Å²) in [5.41, 5.74) is 7.22. The molecule has 0 unspecified atom stereocenters. The summed E-state index contributed by atoms with van der Waals surface area (Å²) in [7, 11) is 0. The van der Waals surface area contributed by atoms with E-state index in [1.165, 1.54) is 28.7 Å². The molecule has 36 heavy (non-hydrogen) atoms. The van der Waals surface area contributed by atoms with Crippen LogP contribution in [-0.2, 0) is 4.79 Å². The summed E-state index contributed by atoms with van der Waals surface area (Å²) in [6.07, 6.45) is 3.58. The first-order valence-corrected chi connectivity index (χ1v) is 13.6. The fourth-order valence-electron chi connectivity index (χ4n) is 3.73. The number of furan rings is 1. The third kappa shape index (κ3) is 5.59. The number of anilines is 2. The first kappa shape index (κ1) is 24.4. The van der Waals surface area contributed by atoms with Crippen LogP contribution >= 0.6 is 34.7 Å². The van der Waals surface area contributed by atoms with Crippen molar-refractivity contribution in [2.75, 3.05) is 11.1 Å². The van der Waals surface area contributed by atoms with Gasteiger partial charge in [0.05, 0.1) is 17.7 Å². The number of hydrogen-bond acceptors (Lipinski definition) is 8. The Hall–Kier alpha value is -3.27. The molecule has 0 spiro atoms. The van der Waals surface area contributed by atoms with Gasteiger partial charge in [0.15, 0.2) is 4.34 Å². The Morgan fingerprint density at radius 3 is 2.64 bits per heavy atom. The van der Waals surface area contributed by atoms with E-state index in [2.05, 4.69) is 46.9 Å². The van der Waals surface area contributed by atoms with Crippen LogP contribution in [0.5, 0.6) is 0 Å². The lowest BCUT2D eigenvalue weighted by Crippen LogP contribution is -2.40. The lowest BCUT2D eigenvalue weighted by atomic mass is 10.0. The fraction of sp³-hybridized carbons (Fsp3) is 0.192. The zero-order chi connectivity index (χ0) is 25.1. The highest BCUT2D eigenvalue weighted by Crippen LogP contribution is 2.34. The number of rotatable bonds is 8. The van der Waals surface area contributed by atoms with Crippen molar-refractivity contribution in [2.24, 2.45) is 0 Å². The van der Waals surface area contributed by atoms with Crippen molar-refractivity contribution in [3.8, 4) is 0 Å². The number of aromatic nitrogens is 2. The van der Waals surface area contributed by atoms with Crippen LogP contribution in [0.4, 0.5) is 10.8 Å². The van der Waals surface area contributed by atoms with Crippen LogP contribution in [0.15, 0.2) is 81.8 Å². The Kier molecular flexibility index (Phi) is 7.31. The first-order chi connectivity index (χ1) is 17.5. The molecule has 0 fully saturated rings. The van der Waals surface area contributed by atoms with Gasteiger partial charge in [-0.3, -0.25) is 10.2 Å². The van der Waals surface area contributed by atoms with Crippen molar-refractivity contribution in [3.05, 3.63) is 94.9 Å². The number of halogens is 1. The molecule has 0 radical (unpaired) electrons. The van der Waals surface area contributed by atoms with Crippen LogP contribution in [0.3, 0.4) is 0 Å². The Morgan fingerprint density at radius 2 is 1.94 bits per heavy atom. The Labute approximate surface area is 222 Å². The van der Waals surface area contributed by atoms with Gasteiger partial charge in [-0.25, -0.2) is 5.01 Å². The smallest absolute Gasteiger partial charge is 0.252 e. The topological polar surface area (TPSA) is 83.3 Å². The molecular weight excluding hydrogens is 514 g/mol. The number of amides is 1. The first-order valence-electron chi connectivity index (χ1n) is 11.4. The van der Waals surface area contributed by atoms with Gasteiger partial charge in [-0.15, -0.1) is 10.2 Å². The minimum atomic E-state index is -0.362. The third-order valence-electron chi connectivity index (χ3n) is 5.66. The summed E-state index contributed by atoms with van der Waals surface area (Å²) >= 11 is 8.80. The van der Waals surface area contributed by atoms with E-state index in [-0.39, 0.29) is 17.7 Å². The van der Waals surface area contributed by atoms with Crippen LogP contribution in [-0.4, -0.2) is 26.9 Å². The molecule has 1 aliphatic rings. The minimum absolute atomic E-state index is 0.101. The molecule has 1 atom stereocenters. The zero-order valence-electron chi connectivity index (χ0n) is 19.6. The summed E-state index contributed by atoms with van der Waals surface area (Å²) in [4.78, 5) is 13.2. The number of thioether (sulfide) groups is 1. The normalized spacial score (nSPS) is 15.2. The summed E-state index contributed by atoms with van der Waals surface area (Å²) < 4.78 is 6.32. The van der Waals surface area contributed by atoms with E-state index in [1.807, 2.05) is 54.6 Å². The maximum atomic E-state index is 13.2. The number of nitrogens with one attached hydrogen (secondary N) is 2. The molecular formula is C26H24ClN5O2S2. The van der Waals surface area contributed by atoms with E-state index in [1.54, 1.807) is 11.3 Å². The van der Waals surface area contributed by atoms with Gasteiger partial charge in [0.1, 0.15) is 11.8 Å². The van der Waals surface area contributed by atoms with Crippen LogP contribution in [0, 0.1) is 0 Å². The Balaban J connectivity index is 1.23. The summed E-state index contributed by atoms with van der Waals surface area (Å²) in [6.45, 7) is 4.34. The second-order valence-electron chi connectivity index (χ2n) is 8.49. The summed E-state index contributed by atoms with van der Waals surface area (Å²) in [5.74, 6) is 1.26. The maximum Gasteiger partial charge on any atom is 0.252 e. The number of hydrazine groups is 1. The molecule has 0 bridgehead atoms. The van der Waals surface area contributed by atoms with Gasteiger partial charge in [0.25, 0.3) is 5.91 Å². The van der Waals surface area contributed by atoms with Crippen LogP contribution in [0.2, 0.25) is 5.02 Å². The second kappa shape index (κ2) is 10.8. The van der Waals surface area contributed by atoms with E-state index in [0.717, 1.165) is 16.9 Å². The summed E-state index contributed by atoms with van der Waals surface area (Å²) in [5, 5.41) is 14.7. The zero-order valence-corrected chi connectivity index (χ0v) is 22.0. The molecule has 1 amide bonds. The van der Waals surface area contributed by atoms with E-state index in [0.29, 0.717) is 26.2 Å². The number of carbonyl (C=O) groups is 1. The average molecular weight is 538 g/mol. The lowest BCUT2D eigenvalue weighted by molar-refractivity contribution is -0.131. The van der Waals surface area contributed by atoms with Gasteiger partial charge in [-0.1, -0.05) is 72.8 Å². The third-order valence-corrected chi connectivity index (χ3v) is 7.87. The van der Waals surface area contributed by atoms with E-state index >= 15 is 0 Å². The standard InChI is InChI=1S/C26H24ClN5O2S2/c1-16(2)17-7-11-20(12-8-17)28-25-29-30-26(36-25)35-15-24(33)32-22(23-4-3-13-34-23)14-21(31-32)18-5-9-19(27)10-6-18/h3-14,16,22,31H,15H2,1-2H3,(H,28,29)/t22-/m0/s1. The molecule has 2 N–H and O–H groups in total. The van der Waals surface area contributed by atoms with Gasteiger partial charge >= 0.3 is 0 Å². The highest BCUT2D eigenvalue weighted by molar-refractivity contribution is 8.01. The highest BCUT2D eigenvalue weighted by Gasteiger charge is 2.32. The predicted octanol–water partition coefficient (Wildman–Crippen LogP) is 6.87. The molecule has 1 aliphatic heterocycles. The van der Waals surface area contributed by atoms with Gasteiger partial charge in [-0.05, 0) is 59.5 Å². The molecule has 5 rings (SSSR count). The predicted molar refractivity (Wildman–Crippen MR) is 145 cm³/mol. The molecule has 7 nitrogen and oxygen atoms in total. The van der Waals surface area contributed by atoms with E-state index in [4.69, 9.17) is 16.0 Å². The van der Waals surface area contributed by atoms with Crippen molar-refractivity contribution in [1.29, 1.82) is 0 Å². The second-order valence-corrected chi connectivity index (χ2v) is 11.1. The minimum Gasteiger partial charge on any atom is -0.467 e. The molecule has 0 saturated heterocycles. The van der Waals surface area contributed by atoms with Crippen molar-refractivity contribution >= 4 is 57.1 Å². The van der Waals surface area contributed by atoms with Crippen molar-refractivity contribution < 1.29 is 9.21 Å². The number of nitrogens with zero attached hydrogens (tertiary/aromatic N) is 3. The van der Waals surface area contributed by atoms with Crippen molar-refractivity contribution in [3.63, 3.8) is 0 Å². The monoisotopic (exact) mass is 537 g/mol. The van der Waals surface area contributed by atoms with Crippen molar-refractivity contribution in [2.45, 2.75) is 30.1 Å². The van der Waals surface area contributed by atoms with E-state index in [9.17, 15) is 4.79 Å². The number of hydrogen-bond donors (Lipinski definition) is 2. The number of carbonyl (C=O) groups excluding carboxylic acids is 1. The SMILES string of the molecule is CC(C)c1ccc(Nc2nnc(SCC(=O)N3NC(c4ccc(Cl)cc4)=C[C@H]3c3ccco3)s2)cc1. The Morgan fingerprint density at radius 1 is 1.17 bits per heavy atom. The average Bonchev–Trinajstić information content (AvgIpc) is 3.64. The van der Waals surface area contributed by atoms with E-state index < -0.39 is 0 Å². The fourth-order valence-corrected chi connectivity index (χ4v) is 5.49. The largest absolute Gasteiger partial charge is 0.467 e. The van der Waals surface area contributed by atoms with Crippen LogP contribution < -0.4 is 10.7 Å². The number of benzene rings is 2.